The second-order valence-corrected chi connectivity index (χ2v) is 6.00. The Labute approximate surface area is 151 Å². The second-order valence-electron chi connectivity index (χ2n) is 5.14. The molecule has 128 valence electrons. The molecule has 0 aliphatic heterocycles. The molecule has 0 fully saturated rings. The van der Waals surface area contributed by atoms with Crippen molar-refractivity contribution in [3.8, 4) is 22.8 Å². The Balaban J connectivity index is 1.64. The van der Waals surface area contributed by atoms with E-state index in [0.717, 1.165) is 33.5 Å². The van der Waals surface area contributed by atoms with E-state index in [-0.39, 0.29) is 0 Å². The largest absolute Gasteiger partial charge is 0.497 e. The van der Waals surface area contributed by atoms with Crippen LogP contribution in [0.5, 0.6) is 11.5 Å². The maximum Gasteiger partial charge on any atom is 0.203 e. The van der Waals surface area contributed by atoms with Crippen molar-refractivity contribution in [2.24, 2.45) is 5.10 Å². The van der Waals surface area contributed by atoms with E-state index in [0.29, 0.717) is 6.61 Å². The zero-order chi connectivity index (χ0) is 17.5. The van der Waals surface area contributed by atoms with Gasteiger partial charge in [-0.05, 0) is 48.9 Å². The normalized spacial score (nSPS) is 10.8. The lowest BCUT2D eigenvalue weighted by atomic mass is 10.2. The highest BCUT2D eigenvalue weighted by Gasteiger charge is 2.04. The standard InChI is InChI=1S/C19H19N3O2S/c1-3-24-17-6-4-5-14(11-17)12-20-22-19-21-18(13-25-19)15-7-9-16(23-2)10-8-15/h4-13H,3H2,1-2H3,(H,21,22)/b20-12-. The first-order chi connectivity index (χ1) is 12.3. The average Bonchev–Trinajstić information content (AvgIpc) is 3.11. The van der Waals surface area contributed by atoms with Crippen molar-refractivity contribution in [3.05, 3.63) is 59.5 Å². The molecule has 3 aromatic rings. The Bertz CT molecular complexity index is 844. The molecule has 6 heteroatoms. The van der Waals surface area contributed by atoms with Gasteiger partial charge in [0.25, 0.3) is 0 Å². The topological polar surface area (TPSA) is 55.7 Å². The molecule has 1 aromatic heterocycles. The van der Waals surface area contributed by atoms with E-state index in [4.69, 9.17) is 9.47 Å². The van der Waals surface area contributed by atoms with Crippen molar-refractivity contribution in [3.63, 3.8) is 0 Å². The number of nitrogens with zero attached hydrogens (tertiary/aromatic N) is 2. The number of rotatable bonds is 7. The monoisotopic (exact) mass is 353 g/mol. The third-order valence-electron chi connectivity index (χ3n) is 3.43. The molecule has 0 amide bonds. The average molecular weight is 353 g/mol. The first kappa shape index (κ1) is 17.0. The van der Waals surface area contributed by atoms with Crippen LogP contribution in [-0.2, 0) is 0 Å². The van der Waals surface area contributed by atoms with Gasteiger partial charge in [0.2, 0.25) is 5.13 Å². The van der Waals surface area contributed by atoms with E-state index < -0.39 is 0 Å². The highest BCUT2D eigenvalue weighted by atomic mass is 32.1. The third kappa shape index (κ3) is 4.58. The summed E-state index contributed by atoms with van der Waals surface area (Å²) in [6.07, 6.45) is 1.75. The zero-order valence-electron chi connectivity index (χ0n) is 14.1. The van der Waals surface area contributed by atoms with Crippen LogP contribution < -0.4 is 14.9 Å². The molecule has 2 aromatic carbocycles. The second kappa shape index (κ2) is 8.30. The van der Waals surface area contributed by atoms with Crippen molar-refractivity contribution in [2.45, 2.75) is 6.92 Å². The van der Waals surface area contributed by atoms with Gasteiger partial charge in [0, 0.05) is 10.9 Å². The highest BCUT2D eigenvalue weighted by Crippen LogP contribution is 2.26. The summed E-state index contributed by atoms with van der Waals surface area (Å²) >= 11 is 1.51. The molecule has 1 N–H and O–H groups in total. The fraction of sp³-hybridized carbons (Fsp3) is 0.158. The van der Waals surface area contributed by atoms with Gasteiger partial charge in [-0.2, -0.15) is 5.10 Å². The number of aromatic nitrogens is 1. The van der Waals surface area contributed by atoms with Gasteiger partial charge in [-0.15, -0.1) is 11.3 Å². The van der Waals surface area contributed by atoms with E-state index in [2.05, 4.69) is 15.5 Å². The van der Waals surface area contributed by atoms with Crippen LogP contribution in [0.2, 0.25) is 0 Å². The van der Waals surface area contributed by atoms with Crippen LogP contribution in [0, 0.1) is 0 Å². The van der Waals surface area contributed by atoms with Crippen LogP contribution in [0.4, 0.5) is 5.13 Å². The number of anilines is 1. The molecular formula is C19H19N3O2S. The molecule has 5 nitrogen and oxygen atoms in total. The van der Waals surface area contributed by atoms with E-state index in [9.17, 15) is 0 Å². The van der Waals surface area contributed by atoms with Crippen molar-refractivity contribution >= 4 is 22.7 Å². The Morgan fingerprint density at radius 1 is 1.16 bits per heavy atom. The zero-order valence-corrected chi connectivity index (χ0v) is 14.9. The Kier molecular flexibility index (Phi) is 5.64. The van der Waals surface area contributed by atoms with Crippen LogP contribution >= 0.6 is 11.3 Å². The SMILES string of the molecule is CCOc1cccc(/C=N\Nc2nc(-c3ccc(OC)cc3)cs2)c1. The molecule has 0 bridgehead atoms. The van der Waals surface area contributed by atoms with Gasteiger partial charge in [-0.1, -0.05) is 12.1 Å². The van der Waals surface area contributed by atoms with Gasteiger partial charge >= 0.3 is 0 Å². The minimum atomic E-state index is 0.645. The van der Waals surface area contributed by atoms with Crippen LogP contribution in [-0.4, -0.2) is 24.9 Å². The molecule has 0 spiro atoms. The van der Waals surface area contributed by atoms with Crippen molar-refractivity contribution < 1.29 is 9.47 Å². The molecule has 0 aliphatic carbocycles. The maximum absolute atomic E-state index is 5.48. The van der Waals surface area contributed by atoms with Crippen molar-refractivity contribution in [1.29, 1.82) is 0 Å². The van der Waals surface area contributed by atoms with Crippen LogP contribution in [0.15, 0.2) is 59.0 Å². The Morgan fingerprint density at radius 3 is 2.76 bits per heavy atom. The molecule has 3 rings (SSSR count). The smallest absolute Gasteiger partial charge is 0.203 e. The summed E-state index contributed by atoms with van der Waals surface area (Å²) in [4.78, 5) is 4.54. The van der Waals surface area contributed by atoms with E-state index in [1.165, 1.54) is 11.3 Å². The number of hydrazone groups is 1. The quantitative estimate of drug-likeness (QED) is 0.496. The number of methoxy groups -OCH3 is 1. The minimum absolute atomic E-state index is 0.645. The van der Waals surface area contributed by atoms with E-state index >= 15 is 0 Å². The number of hydrogen-bond donors (Lipinski definition) is 1. The lowest BCUT2D eigenvalue weighted by Gasteiger charge is -2.02. The summed E-state index contributed by atoms with van der Waals surface area (Å²) in [6.45, 7) is 2.61. The molecule has 0 atom stereocenters. The van der Waals surface area contributed by atoms with Crippen LogP contribution in [0.3, 0.4) is 0 Å². The summed E-state index contributed by atoms with van der Waals surface area (Å²) in [5.41, 5.74) is 5.88. The molecule has 0 aliphatic rings. The van der Waals surface area contributed by atoms with Crippen LogP contribution in [0.1, 0.15) is 12.5 Å². The summed E-state index contributed by atoms with van der Waals surface area (Å²) in [7, 11) is 1.65. The van der Waals surface area contributed by atoms with E-state index in [1.54, 1.807) is 13.3 Å². The third-order valence-corrected chi connectivity index (χ3v) is 4.18. The van der Waals surface area contributed by atoms with Crippen LogP contribution in [0.25, 0.3) is 11.3 Å². The van der Waals surface area contributed by atoms with Crippen molar-refractivity contribution in [1.82, 2.24) is 4.98 Å². The molecule has 0 saturated heterocycles. The minimum Gasteiger partial charge on any atom is -0.497 e. The predicted molar refractivity (Wildman–Crippen MR) is 103 cm³/mol. The number of benzene rings is 2. The lowest BCUT2D eigenvalue weighted by molar-refractivity contribution is 0.340. The fourth-order valence-electron chi connectivity index (χ4n) is 2.23. The van der Waals surface area contributed by atoms with Gasteiger partial charge in [0.05, 0.1) is 25.6 Å². The molecule has 0 saturated carbocycles. The molecule has 25 heavy (non-hydrogen) atoms. The number of thiazole rings is 1. The van der Waals surface area contributed by atoms with Gasteiger partial charge in [-0.3, -0.25) is 5.43 Å². The summed E-state index contributed by atoms with van der Waals surface area (Å²) < 4.78 is 10.6. The fourth-order valence-corrected chi connectivity index (χ4v) is 2.90. The first-order valence-corrected chi connectivity index (χ1v) is 8.78. The first-order valence-electron chi connectivity index (χ1n) is 7.90. The molecular weight excluding hydrogens is 334 g/mol. The molecule has 0 radical (unpaired) electrons. The summed E-state index contributed by atoms with van der Waals surface area (Å²) in [6, 6.07) is 15.6. The van der Waals surface area contributed by atoms with E-state index in [1.807, 2.05) is 60.8 Å². The number of nitrogens with one attached hydrogen (secondary N) is 1. The molecule has 1 heterocycles. The number of ether oxygens (including phenoxy) is 2. The lowest BCUT2D eigenvalue weighted by Crippen LogP contribution is -1.93. The van der Waals surface area contributed by atoms with Gasteiger partial charge in [0.1, 0.15) is 11.5 Å². The van der Waals surface area contributed by atoms with Gasteiger partial charge in [0.15, 0.2) is 0 Å². The summed E-state index contributed by atoms with van der Waals surface area (Å²) in [5.74, 6) is 1.67. The maximum atomic E-state index is 5.48. The van der Waals surface area contributed by atoms with Crippen molar-refractivity contribution in [2.75, 3.05) is 19.1 Å². The van der Waals surface area contributed by atoms with Gasteiger partial charge in [-0.25, -0.2) is 4.98 Å². The predicted octanol–water partition coefficient (Wildman–Crippen LogP) is 4.66. The number of hydrogen-bond acceptors (Lipinski definition) is 6. The Morgan fingerprint density at radius 2 is 2.00 bits per heavy atom. The summed E-state index contributed by atoms with van der Waals surface area (Å²) in [5, 5.41) is 6.98. The highest BCUT2D eigenvalue weighted by molar-refractivity contribution is 7.14. The van der Waals surface area contributed by atoms with Gasteiger partial charge < -0.3 is 9.47 Å². The molecule has 0 unspecified atom stereocenters. The Hall–Kier alpha value is -2.86.